The van der Waals surface area contributed by atoms with Gasteiger partial charge in [0, 0.05) is 5.41 Å². The molecule has 0 atom stereocenters. The highest BCUT2D eigenvalue weighted by atomic mass is 14.9. The zero-order valence-electron chi connectivity index (χ0n) is 12.9. The zero-order chi connectivity index (χ0) is 15.2. The molecule has 1 nitrogen and oxygen atoms in total. The molecule has 4 rings (SSSR count). The second-order valence-corrected chi connectivity index (χ2v) is 6.35. The van der Waals surface area contributed by atoms with Gasteiger partial charge in [0.25, 0.3) is 0 Å². The summed E-state index contributed by atoms with van der Waals surface area (Å²) in [5, 5.41) is 4.75. The Labute approximate surface area is 131 Å². The molecule has 0 fully saturated rings. The first kappa shape index (κ1) is 13.1. The summed E-state index contributed by atoms with van der Waals surface area (Å²) in [6.07, 6.45) is 0. The molecule has 1 heteroatoms. The summed E-state index contributed by atoms with van der Waals surface area (Å²) in [5.74, 6) is 0. The first-order valence-corrected chi connectivity index (χ1v) is 7.67. The number of fused-ring (bicyclic) bond motifs is 3. The summed E-state index contributed by atoms with van der Waals surface area (Å²) >= 11 is 0. The van der Waals surface area contributed by atoms with E-state index in [1.54, 1.807) is 0 Å². The van der Waals surface area contributed by atoms with Gasteiger partial charge in [0.05, 0.1) is 11.4 Å². The lowest BCUT2D eigenvalue weighted by atomic mass is 9.82. The van der Waals surface area contributed by atoms with Gasteiger partial charge in [0.1, 0.15) is 0 Å². The number of hydrogen-bond donors (Lipinski definition) is 0. The summed E-state index contributed by atoms with van der Waals surface area (Å²) in [5.41, 5.74) is 7.52. The standard InChI is InChI=1S/C21H18N/c1-21(2)19-11-7-6-10-17(19)18-13-12-16(14-20(18)21)22-15-8-4-3-5-9-15/h3-14H,1-2H3. The molecule has 22 heavy (non-hydrogen) atoms. The fraction of sp³-hybridized carbons (Fsp3) is 0.143. The molecule has 0 unspecified atom stereocenters. The van der Waals surface area contributed by atoms with Crippen LogP contribution in [-0.2, 0) is 5.41 Å². The highest BCUT2D eigenvalue weighted by molar-refractivity contribution is 5.82. The zero-order valence-corrected chi connectivity index (χ0v) is 12.9. The maximum atomic E-state index is 4.75. The molecule has 0 spiro atoms. The van der Waals surface area contributed by atoms with E-state index in [4.69, 9.17) is 5.32 Å². The quantitative estimate of drug-likeness (QED) is 0.585. The van der Waals surface area contributed by atoms with E-state index in [0.29, 0.717) is 0 Å². The van der Waals surface area contributed by atoms with Crippen LogP contribution in [0.3, 0.4) is 0 Å². The number of benzene rings is 3. The Morgan fingerprint density at radius 3 is 2.14 bits per heavy atom. The molecule has 3 aromatic carbocycles. The molecule has 0 N–H and O–H groups in total. The maximum Gasteiger partial charge on any atom is 0.0640 e. The first-order valence-electron chi connectivity index (χ1n) is 7.67. The fourth-order valence-corrected chi connectivity index (χ4v) is 3.41. The van der Waals surface area contributed by atoms with Crippen LogP contribution in [0.1, 0.15) is 25.0 Å². The van der Waals surface area contributed by atoms with Crippen LogP contribution in [-0.4, -0.2) is 0 Å². The Morgan fingerprint density at radius 2 is 1.32 bits per heavy atom. The molecule has 1 aliphatic rings. The lowest BCUT2D eigenvalue weighted by Gasteiger charge is -2.21. The minimum Gasteiger partial charge on any atom is -0.249 e. The molecule has 0 aromatic heterocycles. The molecular weight excluding hydrogens is 266 g/mol. The van der Waals surface area contributed by atoms with Gasteiger partial charge in [-0.25, -0.2) is 5.32 Å². The molecule has 0 heterocycles. The van der Waals surface area contributed by atoms with Crippen molar-refractivity contribution in [2.24, 2.45) is 0 Å². The van der Waals surface area contributed by atoms with E-state index >= 15 is 0 Å². The van der Waals surface area contributed by atoms with Gasteiger partial charge in [0.2, 0.25) is 0 Å². The van der Waals surface area contributed by atoms with Crippen LogP contribution in [0.2, 0.25) is 0 Å². The third-order valence-electron chi connectivity index (χ3n) is 4.58. The van der Waals surface area contributed by atoms with Crippen LogP contribution in [0.5, 0.6) is 0 Å². The number of nitrogens with zero attached hydrogens (tertiary/aromatic N) is 1. The van der Waals surface area contributed by atoms with Crippen molar-refractivity contribution in [3.8, 4) is 11.1 Å². The topological polar surface area (TPSA) is 14.1 Å². The van der Waals surface area contributed by atoms with Crippen molar-refractivity contribution in [3.05, 3.63) is 83.9 Å². The molecule has 0 saturated heterocycles. The minimum absolute atomic E-state index is 0.0359. The van der Waals surface area contributed by atoms with Crippen molar-refractivity contribution in [1.82, 2.24) is 5.32 Å². The maximum absolute atomic E-state index is 4.75. The van der Waals surface area contributed by atoms with Gasteiger partial charge in [0.15, 0.2) is 0 Å². The smallest absolute Gasteiger partial charge is 0.0640 e. The lowest BCUT2D eigenvalue weighted by molar-refractivity contribution is 0.660. The van der Waals surface area contributed by atoms with Crippen molar-refractivity contribution in [1.29, 1.82) is 0 Å². The van der Waals surface area contributed by atoms with Crippen molar-refractivity contribution >= 4 is 11.4 Å². The van der Waals surface area contributed by atoms with E-state index in [1.807, 2.05) is 30.3 Å². The molecule has 0 saturated carbocycles. The molecule has 0 amide bonds. The SMILES string of the molecule is CC1(C)c2ccccc2-c2ccc([N]c3ccccc3)cc21. The van der Waals surface area contributed by atoms with Crippen LogP contribution in [0.4, 0.5) is 11.4 Å². The van der Waals surface area contributed by atoms with Gasteiger partial charge in [-0.1, -0.05) is 62.4 Å². The largest absolute Gasteiger partial charge is 0.249 e. The van der Waals surface area contributed by atoms with Gasteiger partial charge in [-0.15, -0.1) is 0 Å². The molecule has 0 aliphatic heterocycles. The number of rotatable bonds is 2. The monoisotopic (exact) mass is 284 g/mol. The Hall–Kier alpha value is -2.54. The van der Waals surface area contributed by atoms with Crippen molar-refractivity contribution in [3.63, 3.8) is 0 Å². The van der Waals surface area contributed by atoms with E-state index in [9.17, 15) is 0 Å². The second kappa shape index (κ2) is 4.74. The van der Waals surface area contributed by atoms with Gasteiger partial charge < -0.3 is 0 Å². The van der Waals surface area contributed by atoms with Gasteiger partial charge >= 0.3 is 0 Å². The van der Waals surface area contributed by atoms with Crippen LogP contribution < -0.4 is 5.32 Å². The Balaban J connectivity index is 1.79. The molecule has 107 valence electrons. The summed E-state index contributed by atoms with van der Waals surface area (Å²) in [7, 11) is 0. The molecule has 1 radical (unpaired) electrons. The van der Waals surface area contributed by atoms with E-state index < -0.39 is 0 Å². The molecular formula is C21H18N. The predicted octanol–water partition coefficient (Wildman–Crippen LogP) is 5.56. The van der Waals surface area contributed by atoms with E-state index in [-0.39, 0.29) is 5.41 Å². The normalized spacial score (nSPS) is 14.3. The van der Waals surface area contributed by atoms with Crippen molar-refractivity contribution < 1.29 is 0 Å². The average molecular weight is 284 g/mol. The summed E-state index contributed by atoms with van der Waals surface area (Å²) < 4.78 is 0. The van der Waals surface area contributed by atoms with E-state index in [1.165, 1.54) is 22.3 Å². The van der Waals surface area contributed by atoms with Crippen LogP contribution in [0.25, 0.3) is 11.1 Å². The van der Waals surface area contributed by atoms with Gasteiger partial charge in [-0.05, 0) is 46.5 Å². The lowest BCUT2D eigenvalue weighted by Crippen LogP contribution is -2.15. The predicted molar refractivity (Wildman–Crippen MR) is 91.9 cm³/mol. The van der Waals surface area contributed by atoms with Crippen LogP contribution >= 0.6 is 0 Å². The van der Waals surface area contributed by atoms with Gasteiger partial charge in [-0.2, -0.15) is 0 Å². The number of hydrogen-bond acceptors (Lipinski definition) is 0. The molecule has 1 aliphatic carbocycles. The molecule has 3 aromatic rings. The minimum atomic E-state index is 0.0359. The van der Waals surface area contributed by atoms with Crippen LogP contribution in [0.15, 0.2) is 72.8 Å². The fourth-order valence-electron chi connectivity index (χ4n) is 3.41. The average Bonchev–Trinajstić information content (AvgIpc) is 2.77. The summed E-state index contributed by atoms with van der Waals surface area (Å²) in [4.78, 5) is 0. The van der Waals surface area contributed by atoms with Gasteiger partial charge in [-0.3, -0.25) is 0 Å². The van der Waals surface area contributed by atoms with E-state index in [0.717, 1.165) is 11.4 Å². The first-order chi connectivity index (χ1) is 10.7. The van der Waals surface area contributed by atoms with Crippen molar-refractivity contribution in [2.45, 2.75) is 19.3 Å². The summed E-state index contributed by atoms with van der Waals surface area (Å²) in [6.45, 7) is 4.59. The number of para-hydroxylation sites is 1. The van der Waals surface area contributed by atoms with E-state index in [2.05, 4.69) is 56.3 Å². The third-order valence-corrected chi connectivity index (χ3v) is 4.58. The Kier molecular flexibility index (Phi) is 2.83. The highest BCUT2D eigenvalue weighted by Crippen LogP contribution is 2.49. The second-order valence-electron chi connectivity index (χ2n) is 6.35. The third kappa shape index (κ3) is 1.93. The Morgan fingerprint density at radius 1 is 0.636 bits per heavy atom. The van der Waals surface area contributed by atoms with Crippen LogP contribution in [0, 0.1) is 0 Å². The summed E-state index contributed by atoms with van der Waals surface area (Å²) in [6, 6.07) is 25.4. The van der Waals surface area contributed by atoms with Crippen molar-refractivity contribution in [2.75, 3.05) is 0 Å². The molecule has 0 bridgehead atoms. The Bertz CT molecular complexity index is 832. The highest BCUT2D eigenvalue weighted by Gasteiger charge is 2.35.